The Morgan fingerprint density at radius 2 is 1.31 bits per heavy atom. The van der Waals surface area contributed by atoms with Gasteiger partial charge < -0.3 is 94.3 Å². The molecule has 3 aliphatic rings. The Hall–Kier alpha value is -9.84. The first-order chi connectivity index (χ1) is 50.9. The molecule has 105 heavy (non-hydrogen) atoms. The van der Waals surface area contributed by atoms with Crippen LogP contribution in [0.1, 0.15) is 88.6 Å². The number of rotatable bonds is 39. The number of carbonyl (C=O) groups is 6. The normalized spacial score (nSPS) is 16.0. The lowest BCUT2D eigenvalue weighted by Gasteiger charge is -2.34. The molecule has 0 radical (unpaired) electrons. The third-order valence-electron chi connectivity index (χ3n) is 18.4. The van der Waals surface area contributed by atoms with Crippen molar-refractivity contribution >= 4 is 74.8 Å². The van der Waals surface area contributed by atoms with Crippen LogP contribution in [0, 0.1) is 5.92 Å². The Morgan fingerprint density at radius 1 is 0.667 bits per heavy atom. The number of anilines is 3. The number of benzene rings is 5. The number of aromatic nitrogens is 4. The molecule has 10 rings (SSSR count). The van der Waals surface area contributed by atoms with Crippen LogP contribution >= 0.6 is 0 Å². The third kappa shape index (κ3) is 22.1. The molecule has 0 spiro atoms. The van der Waals surface area contributed by atoms with Gasteiger partial charge in [-0.15, -0.1) is 0 Å². The van der Waals surface area contributed by atoms with E-state index in [0.29, 0.717) is 95.0 Å². The molecule has 3 fully saturated rings. The fraction of sp³-hybridized carbons (Fsp3) is 0.481. The highest BCUT2D eigenvalue weighted by Gasteiger charge is 2.45. The van der Waals surface area contributed by atoms with Crippen molar-refractivity contribution in [2.24, 2.45) is 5.92 Å². The van der Waals surface area contributed by atoms with Crippen molar-refractivity contribution in [2.45, 2.75) is 104 Å². The first-order valence-corrected chi connectivity index (χ1v) is 36.3. The summed E-state index contributed by atoms with van der Waals surface area (Å²) < 4.78 is 51.8. The van der Waals surface area contributed by atoms with E-state index in [4.69, 9.17) is 58.3 Å². The maximum atomic E-state index is 14.4. The summed E-state index contributed by atoms with van der Waals surface area (Å²) in [5, 5.41) is 11.0. The number of hydrogen-bond donors (Lipinski definition) is 7. The maximum absolute atomic E-state index is 14.4. The molecule has 5 heterocycles. The first-order valence-electron chi connectivity index (χ1n) is 36.3. The van der Waals surface area contributed by atoms with Gasteiger partial charge in [-0.1, -0.05) is 45.1 Å². The fourth-order valence-corrected chi connectivity index (χ4v) is 12.5. The zero-order valence-corrected chi connectivity index (χ0v) is 61.1. The van der Waals surface area contributed by atoms with Crippen LogP contribution in [-0.2, 0) is 54.2 Å². The molecule has 0 aliphatic carbocycles. The van der Waals surface area contributed by atoms with Crippen LogP contribution < -0.4 is 46.1 Å². The van der Waals surface area contributed by atoms with E-state index in [9.17, 15) is 28.8 Å². The number of nitrogens with zero attached hydrogens (tertiary/aromatic N) is 6. The highest BCUT2D eigenvalue weighted by molar-refractivity contribution is 6.01. The predicted molar refractivity (Wildman–Crippen MR) is 399 cm³/mol. The standard InChI is InChI=1S/C77H101N13O15/c1-8-12-68(91)79-26-35-99-38-40-101-42-41-100-39-37-98-34-25-69(92)86-70(50(2)3)74(94)80-52(5)73(93)81-56-18-13-53(14-19-56)49-105-77(96)89-31-36-104-76(89)65-43-51(4)48-90(65)75(95)59-46-66(97-7)67(47-60(59)78)103-33-11-9-10-32-102-58-21-15-54(16-22-58)71-82-61-23-17-55(44-63(61)84-71)72-83-62-24-20-57(45-64(62)85-72)88-29-27-87(6)28-30-88/h13-24,44-47,50,52,65,70,76H,4,8-12,25-43,48-49,78H2,1-3,5-7H3,(H,79,91)(H,80,94)(H,81,93)(H,82,84)(H,83,85)(H,86,92)/t52-,65?,70-,76?/m0/s1. The molecule has 8 N–H and O–H groups in total. The number of methoxy groups -OCH3 is 1. The van der Waals surface area contributed by atoms with Crippen molar-refractivity contribution in [2.75, 3.05) is 149 Å². The molecule has 5 aromatic carbocycles. The zero-order chi connectivity index (χ0) is 74.2. The van der Waals surface area contributed by atoms with Crippen molar-refractivity contribution < 1.29 is 71.4 Å². The predicted octanol–water partition coefficient (Wildman–Crippen LogP) is 8.47. The molecular formula is C77H101N13O15. The number of nitrogen functional groups attached to an aromatic ring is 1. The highest BCUT2D eigenvalue weighted by Crippen LogP contribution is 2.37. The second-order valence-electron chi connectivity index (χ2n) is 26.7. The van der Waals surface area contributed by atoms with Crippen molar-refractivity contribution in [3.05, 3.63) is 120 Å². The van der Waals surface area contributed by atoms with Crippen molar-refractivity contribution in [1.29, 1.82) is 0 Å². The van der Waals surface area contributed by atoms with Gasteiger partial charge in [-0.2, -0.15) is 0 Å². The molecule has 2 aromatic heterocycles. The Labute approximate surface area is 612 Å². The number of piperazine rings is 1. The number of fused-ring (bicyclic) bond motifs is 2. The fourth-order valence-electron chi connectivity index (χ4n) is 12.5. The SMILES string of the molecule is C=C1CC(C2OCCN2C(=O)OCc2ccc(NC(=O)[C@H](C)NC(=O)[C@@H](NC(=O)CCOCCOCCOCCOCCNC(=O)CCC)C(C)C)cc2)N(C(=O)c2cc(OC)c(OCCCCCOc3ccc(-c4nc5ccc(-c6nc7ccc(N8CCN(C)CC8)cc7[nH]6)cc5[nH]4)cc3)cc2N)C1. The number of likely N-dealkylation sites (tertiary alicyclic amines) is 1. The highest BCUT2D eigenvalue weighted by atomic mass is 16.6. The molecule has 4 atom stereocenters. The summed E-state index contributed by atoms with van der Waals surface area (Å²) in [6.45, 7) is 20.0. The van der Waals surface area contributed by atoms with Gasteiger partial charge in [0, 0.05) is 86.4 Å². The number of nitrogens with two attached hydrogens (primary N) is 1. The van der Waals surface area contributed by atoms with Gasteiger partial charge in [0.2, 0.25) is 23.6 Å². The Kier molecular flexibility index (Phi) is 28.7. The summed E-state index contributed by atoms with van der Waals surface area (Å²) in [4.78, 5) is 104. The number of ether oxygens (including phenoxy) is 9. The molecular weight excluding hydrogens is 1350 g/mol. The van der Waals surface area contributed by atoms with Gasteiger partial charge >= 0.3 is 6.09 Å². The summed E-state index contributed by atoms with van der Waals surface area (Å²) in [5.41, 5.74) is 15.7. The lowest BCUT2D eigenvalue weighted by molar-refractivity contribution is -0.132. The van der Waals surface area contributed by atoms with Crippen LogP contribution in [0.3, 0.4) is 0 Å². The van der Waals surface area contributed by atoms with Crippen LogP contribution in [0.5, 0.6) is 17.2 Å². The quantitative estimate of drug-likeness (QED) is 0.0108. The summed E-state index contributed by atoms with van der Waals surface area (Å²) in [7, 11) is 3.67. The molecule has 0 bridgehead atoms. The number of amides is 6. The number of unbranched alkanes of at least 4 members (excludes halogenated alkanes) is 2. The van der Waals surface area contributed by atoms with Crippen molar-refractivity contribution in [3.8, 4) is 40.0 Å². The minimum Gasteiger partial charge on any atom is -0.494 e. The van der Waals surface area contributed by atoms with Crippen LogP contribution in [0.25, 0.3) is 44.8 Å². The van der Waals surface area contributed by atoms with E-state index >= 15 is 0 Å². The van der Waals surface area contributed by atoms with Crippen LogP contribution in [0.4, 0.5) is 21.9 Å². The minimum absolute atomic E-state index is 0.0155. The number of likely N-dealkylation sites (N-methyl/N-ethyl adjacent to an activating group) is 1. The van der Waals surface area contributed by atoms with E-state index in [1.54, 1.807) is 55.1 Å². The smallest absolute Gasteiger partial charge is 0.412 e. The van der Waals surface area contributed by atoms with Gasteiger partial charge in [-0.05, 0) is 136 Å². The molecule has 0 saturated carbocycles. The molecule has 28 heteroatoms. The molecule has 28 nitrogen and oxygen atoms in total. The first kappa shape index (κ1) is 77.8. The van der Waals surface area contributed by atoms with E-state index < -0.39 is 42.3 Å². The number of H-pyrrole nitrogens is 2. The number of nitrogens with one attached hydrogen (secondary N) is 6. The van der Waals surface area contributed by atoms with Gasteiger partial charge in [-0.25, -0.2) is 14.8 Å². The van der Waals surface area contributed by atoms with Crippen molar-refractivity contribution in [3.63, 3.8) is 0 Å². The van der Waals surface area contributed by atoms with Gasteiger partial charge in [0.1, 0.15) is 36.1 Å². The minimum atomic E-state index is -0.959. The van der Waals surface area contributed by atoms with Crippen LogP contribution in [0.2, 0.25) is 0 Å². The van der Waals surface area contributed by atoms with E-state index in [-0.39, 0.29) is 80.8 Å². The molecule has 3 aliphatic heterocycles. The molecule has 6 amide bonds. The third-order valence-corrected chi connectivity index (χ3v) is 18.4. The molecule has 2 unspecified atom stereocenters. The number of imidazole rings is 2. The molecule has 7 aromatic rings. The van der Waals surface area contributed by atoms with E-state index in [0.717, 1.165) is 108 Å². The Bertz CT molecular complexity index is 4050. The van der Waals surface area contributed by atoms with E-state index in [1.165, 1.54) is 24.6 Å². The van der Waals surface area contributed by atoms with Gasteiger partial charge in [0.25, 0.3) is 5.91 Å². The maximum Gasteiger partial charge on any atom is 0.412 e. The zero-order valence-electron chi connectivity index (χ0n) is 61.1. The lowest BCUT2D eigenvalue weighted by atomic mass is 10.0. The number of carbonyl (C=O) groups excluding carboxylic acids is 6. The van der Waals surface area contributed by atoms with Gasteiger partial charge in [-0.3, -0.25) is 28.9 Å². The van der Waals surface area contributed by atoms with Gasteiger partial charge in [0.05, 0.1) is 120 Å². The van der Waals surface area contributed by atoms with Crippen LogP contribution in [0.15, 0.2) is 109 Å². The second kappa shape index (κ2) is 38.8. The molecule has 3 saturated heterocycles. The summed E-state index contributed by atoms with van der Waals surface area (Å²) in [5.74, 6) is 1.03. The van der Waals surface area contributed by atoms with Gasteiger partial charge in [0.15, 0.2) is 17.7 Å². The number of aromatic amines is 2. The summed E-state index contributed by atoms with van der Waals surface area (Å²) in [6, 6.07) is 27.9. The monoisotopic (exact) mass is 1450 g/mol. The van der Waals surface area contributed by atoms with Crippen LogP contribution in [-0.4, -0.2) is 227 Å². The average Bonchev–Trinajstić information content (AvgIpc) is 1.66. The summed E-state index contributed by atoms with van der Waals surface area (Å²) in [6.07, 6.45) is 2.60. The van der Waals surface area contributed by atoms with E-state index in [2.05, 4.69) is 78.9 Å². The Balaban J connectivity index is 0.601. The largest absolute Gasteiger partial charge is 0.494 e. The Morgan fingerprint density at radius 3 is 2.00 bits per heavy atom. The van der Waals surface area contributed by atoms with Crippen molar-refractivity contribution in [1.82, 2.24) is 50.6 Å². The topological polar surface area (TPSA) is 330 Å². The lowest BCUT2D eigenvalue weighted by Crippen LogP contribution is -2.53. The second-order valence-corrected chi connectivity index (χ2v) is 26.7. The molecule has 564 valence electrons. The summed E-state index contributed by atoms with van der Waals surface area (Å²) >= 11 is 0. The number of hydrogen-bond acceptors (Lipinski definition) is 20. The average molecular weight is 1450 g/mol. The van der Waals surface area contributed by atoms with E-state index in [1.807, 2.05) is 43.3 Å².